The summed E-state index contributed by atoms with van der Waals surface area (Å²) in [4.78, 5) is 26.0. The lowest BCUT2D eigenvalue weighted by Crippen LogP contribution is -2.66. The molecule has 0 amide bonds. The number of carbonyl (C=O) groups is 2. The average Bonchev–Trinajstić information content (AvgIpc) is 2.83. The third kappa shape index (κ3) is 3.91. The number of aliphatic hydroxyl groups excluding tert-OH is 1. The van der Waals surface area contributed by atoms with Crippen molar-refractivity contribution < 1.29 is 24.5 Å². The van der Waals surface area contributed by atoms with Crippen LogP contribution in [0.3, 0.4) is 0 Å². The van der Waals surface area contributed by atoms with Gasteiger partial charge >= 0.3 is 5.97 Å². The molecule has 4 aliphatic carbocycles. The van der Waals surface area contributed by atoms with E-state index < -0.39 is 16.4 Å². The first-order valence-corrected chi connectivity index (χ1v) is 14.6. The maximum Gasteiger partial charge on any atom is 0.311 e. The molecule has 0 aromatic carbocycles. The van der Waals surface area contributed by atoms with Crippen molar-refractivity contribution in [1.29, 1.82) is 0 Å². The van der Waals surface area contributed by atoms with Gasteiger partial charge in [-0.3, -0.25) is 9.59 Å². The van der Waals surface area contributed by atoms with Crippen molar-refractivity contribution in [3.8, 4) is 0 Å². The van der Waals surface area contributed by atoms with Crippen LogP contribution in [0.25, 0.3) is 0 Å². The van der Waals surface area contributed by atoms with Gasteiger partial charge in [0.2, 0.25) is 0 Å². The molecule has 0 bridgehead atoms. The predicted molar refractivity (Wildman–Crippen MR) is 146 cm³/mol. The molecule has 210 valence electrons. The second-order valence-electron chi connectivity index (χ2n) is 15.4. The number of aliphatic hydroxyl groups is 2. The molecule has 0 spiro atoms. The van der Waals surface area contributed by atoms with Gasteiger partial charge in [0, 0.05) is 5.41 Å². The summed E-state index contributed by atoms with van der Waals surface area (Å²) >= 11 is 0. The second kappa shape index (κ2) is 8.65. The highest BCUT2D eigenvalue weighted by molar-refractivity contribution is 5.99. The summed E-state index contributed by atoms with van der Waals surface area (Å²) in [6, 6.07) is 0. The van der Waals surface area contributed by atoms with Crippen molar-refractivity contribution in [1.82, 2.24) is 0 Å². The Balaban J connectivity index is 1.65. The van der Waals surface area contributed by atoms with E-state index >= 15 is 0 Å². The lowest BCUT2D eigenvalue weighted by atomic mass is 9.37. The van der Waals surface area contributed by atoms with Gasteiger partial charge in [0.05, 0.1) is 18.6 Å². The van der Waals surface area contributed by atoms with E-state index in [-0.39, 0.29) is 39.5 Å². The molecule has 0 aromatic heterocycles. The molecule has 0 unspecified atom stereocenters. The Morgan fingerprint density at radius 1 is 0.919 bits per heavy atom. The molecule has 0 aliphatic heterocycles. The molecule has 0 aromatic rings. The Morgan fingerprint density at radius 3 is 2.08 bits per heavy atom. The van der Waals surface area contributed by atoms with Gasteiger partial charge in [0.1, 0.15) is 5.60 Å². The van der Waals surface area contributed by atoms with Crippen LogP contribution < -0.4 is 0 Å². The fourth-order valence-electron chi connectivity index (χ4n) is 9.40. The Hall–Kier alpha value is -1.20. The average molecular weight is 517 g/mol. The van der Waals surface area contributed by atoms with Crippen molar-refractivity contribution in [2.24, 2.45) is 38.4 Å². The molecular formula is C32H52O5. The first-order valence-electron chi connectivity index (χ1n) is 14.6. The van der Waals surface area contributed by atoms with Crippen LogP contribution in [0.4, 0.5) is 0 Å². The summed E-state index contributed by atoms with van der Waals surface area (Å²) < 4.78 is 5.09. The van der Waals surface area contributed by atoms with E-state index in [1.807, 2.05) is 13.0 Å². The SMILES string of the molecule is COC(=O)C1(C)CCC(C)(CC[C@]2(C)[C@](C)(O)C(=O)C=C3[C@@]4(C)CC[C@H](O)C(C)(C)[C@@H]4CC[C@]32C)CC1. The molecule has 3 fully saturated rings. The first-order chi connectivity index (χ1) is 16.8. The van der Waals surface area contributed by atoms with E-state index in [1.54, 1.807) is 6.92 Å². The summed E-state index contributed by atoms with van der Waals surface area (Å²) in [6.07, 6.45) is 10.2. The van der Waals surface area contributed by atoms with E-state index in [2.05, 4.69) is 41.5 Å². The van der Waals surface area contributed by atoms with Crippen LogP contribution in [0, 0.1) is 38.4 Å². The first kappa shape index (κ1) is 28.8. The number of esters is 1. The van der Waals surface area contributed by atoms with Crippen molar-refractivity contribution >= 4 is 11.8 Å². The topological polar surface area (TPSA) is 83.8 Å². The Labute approximate surface area is 224 Å². The van der Waals surface area contributed by atoms with Crippen molar-refractivity contribution in [3.05, 3.63) is 11.6 Å². The second-order valence-corrected chi connectivity index (χ2v) is 15.4. The van der Waals surface area contributed by atoms with Crippen LogP contribution in [0.1, 0.15) is 120 Å². The van der Waals surface area contributed by atoms with Gasteiger partial charge in [-0.1, -0.05) is 47.1 Å². The zero-order chi connectivity index (χ0) is 27.9. The van der Waals surface area contributed by atoms with Gasteiger partial charge < -0.3 is 14.9 Å². The highest BCUT2D eigenvalue weighted by atomic mass is 16.5. The summed E-state index contributed by atoms with van der Waals surface area (Å²) in [5.74, 6) is 0.0190. The molecule has 3 saturated carbocycles. The Kier molecular flexibility index (Phi) is 6.73. The maximum absolute atomic E-state index is 13.7. The quantitative estimate of drug-likeness (QED) is 0.423. The predicted octanol–water partition coefficient (Wildman–Crippen LogP) is 6.40. The molecule has 0 radical (unpaired) electrons. The van der Waals surface area contributed by atoms with Crippen LogP contribution in [0.5, 0.6) is 0 Å². The minimum absolute atomic E-state index is 0.0609. The molecule has 6 atom stereocenters. The lowest BCUT2D eigenvalue weighted by molar-refractivity contribution is -0.183. The molecule has 0 saturated heterocycles. The lowest BCUT2D eigenvalue weighted by Gasteiger charge is -2.67. The number of carbonyl (C=O) groups excluding carboxylic acids is 2. The zero-order valence-corrected chi connectivity index (χ0v) is 24.9. The number of ketones is 1. The molecule has 0 heterocycles. The standard InChI is InChI=1S/C32H52O5/c1-26(2)21-10-13-30(6)22(29(21,5)12-11-23(26)33)20-24(34)32(8,36)31(30,7)19-16-27(3)14-17-28(4,18-15-27)25(35)37-9/h20-21,23,33,36H,10-19H2,1-9H3/t21-,23-,27?,28?,29-,30+,31-,32+/m0/s1. The van der Waals surface area contributed by atoms with E-state index in [9.17, 15) is 19.8 Å². The third-order valence-corrected chi connectivity index (χ3v) is 13.1. The van der Waals surface area contributed by atoms with Gasteiger partial charge in [-0.25, -0.2) is 0 Å². The van der Waals surface area contributed by atoms with Crippen LogP contribution in [0.15, 0.2) is 11.6 Å². The number of methoxy groups -OCH3 is 1. The van der Waals surface area contributed by atoms with E-state index in [0.29, 0.717) is 5.92 Å². The third-order valence-electron chi connectivity index (χ3n) is 13.1. The molecule has 4 rings (SSSR count). The summed E-state index contributed by atoms with van der Waals surface area (Å²) in [6.45, 7) is 17.2. The van der Waals surface area contributed by atoms with E-state index in [1.165, 1.54) is 12.7 Å². The molecule has 5 nitrogen and oxygen atoms in total. The van der Waals surface area contributed by atoms with Gasteiger partial charge in [0.25, 0.3) is 0 Å². The molecular weight excluding hydrogens is 464 g/mol. The van der Waals surface area contributed by atoms with Gasteiger partial charge in [-0.15, -0.1) is 0 Å². The largest absolute Gasteiger partial charge is 0.469 e. The Morgan fingerprint density at radius 2 is 1.51 bits per heavy atom. The van der Waals surface area contributed by atoms with Crippen LogP contribution in [-0.4, -0.2) is 40.8 Å². The number of hydrogen-bond donors (Lipinski definition) is 2. The number of fused-ring (bicyclic) bond motifs is 3. The monoisotopic (exact) mass is 516 g/mol. The minimum Gasteiger partial charge on any atom is -0.469 e. The fourth-order valence-corrected chi connectivity index (χ4v) is 9.40. The van der Waals surface area contributed by atoms with Crippen LogP contribution in [0.2, 0.25) is 0 Å². The number of hydrogen-bond acceptors (Lipinski definition) is 5. The number of allylic oxidation sites excluding steroid dienone is 1. The highest BCUT2D eigenvalue weighted by Gasteiger charge is 2.68. The van der Waals surface area contributed by atoms with Crippen molar-refractivity contribution in [2.45, 2.75) is 131 Å². The number of ether oxygens (including phenoxy) is 1. The van der Waals surface area contributed by atoms with Gasteiger partial charge in [0.15, 0.2) is 5.78 Å². The molecule has 37 heavy (non-hydrogen) atoms. The molecule has 2 N–H and O–H groups in total. The number of rotatable bonds is 4. The fraction of sp³-hybridized carbons (Fsp3) is 0.875. The van der Waals surface area contributed by atoms with Crippen molar-refractivity contribution in [2.75, 3.05) is 7.11 Å². The summed E-state index contributed by atoms with van der Waals surface area (Å²) in [5.41, 5.74) is -1.88. The maximum atomic E-state index is 13.7. The van der Waals surface area contributed by atoms with Crippen molar-refractivity contribution in [3.63, 3.8) is 0 Å². The highest BCUT2D eigenvalue weighted by Crippen LogP contribution is 2.71. The normalized spacial score (nSPS) is 49.5. The van der Waals surface area contributed by atoms with Gasteiger partial charge in [-0.2, -0.15) is 0 Å². The van der Waals surface area contributed by atoms with E-state index in [4.69, 9.17) is 4.74 Å². The van der Waals surface area contributed by atoms with Gasteiger partial charge in [-0.05, 0) is 112 Å². The van der Waals surface area contributed by atoms with E-state index in [0.717, 1.165) is 64.2 Å². The summed E-state index contributed by atoms with van der Waals surface area (Å²) in [5, 5.41) is 22.8. The smallest absolute Gasteiger partial charge is 0.311 e. The Bertz CT molecular complexity index is 983. The molecule has 5 heteroatoms. The van der Waals surface area contributed by atoms with Crippen LogP contribution >= 0.6 is 0 Å². The minimum atomic E-state index is -1.44. The van der Waals surface area contributed by atoms with Crippen LogP contribution in [-0.2, 0) is 14.3 Å². The molecule has 4 aliphatic rings. The zero-order valence-electron chi connectivity index (χ0n) is 24.9. The summed E-state index contributed by atoms with van der Waals surface area (Å²) in [7, 11) is 1.47.